The van der Waals surface area contributed by atoms with Crippen LogP contribution in [0.4, 0.5) is 0 Å². The van der Waals surface area contributed by atoms with E-state index < -0.39 is 12.0 Å². The fourth-order valence-electron chi connectivity index (χ4n) is 3.96. The molecule has 4 heteroatoms. The third-order valence-corrected chi connectivity index (χ3v) is 4.97. The maximum atomic E-state index is 12.5. The molecule has 4 atom stereocenters. The Kier molecular flexibility index (Phi) is 3.95. The van der Waals surface area contributed by atoms with E-state index in [1.165, 1.54) is 12.8 Å². The van der Waals surface area contributed by atoms with Crippen LogP contribution in [0, 0.1) is 17.8 Å². The first-order chi connectivity index (χ1) is 10.1. The fourth-order valence-corrected chi connectivity index (χ4v) is 3.96. The molecule has 112 valence electrons. The van der Waals surface area contributed by atoms with Crippen LogP contribution in [-0.2, 0) is 9.59 Å². The van der Waals surface area contributed by atoms with Gasteiger partial charge in [-0.3, -0.25) is 9.59 Å². The largest absolute Gasteiger partial charge is 0.481 e. The summed E-state index contributed by atoms with van der Waals surface area (Å²) >= 11 is 0. The highest BCUT2D eigenvalue weighted by molar-refractivity contribution is 5.80. The van der Waals surface area contributed by atoms with Crippen LogP contribution in [-0.4, -0.2) is 17.0 Å². The number of nitrogens with one attached hydrogen (secondary N) is 1. The Morgan fingerprint density at radius 3 is 2.52 bits per heavy atom. The number of rotatable bonds is 5. The monoisotopic (exact) mass is 287 g/mol. The molecule has 2 fully saturated rings. The molecule has 2 aliphatic rings. The van der Waals surface area contributed by atoms with Gasteiger partial charge in [0.1, 0.15) is 0 Å². The van der Waals surface area contributed by atoms with E-state index in [0.717, 1.165) is 18.4 Å². The summed E-state index contributed by atoms with van der Waals surface area (Å²) < 4.78 is 0. The summed E-state index contributed by atoms with van der Waals surface area (Å²) in [7, 11) is 0. The Balaban J connectivity index is 1.69. The normalized spacial score (nSPS) is 28.3. The minimum atomic E-state index is -0.892. The van der Waals surface area contributed by atoms with Crippen molar-refractivity contribution in [2.75, 3.05) is 0 Å². The number of hydrogen-bond donors (Lipinski definition) is 2. The summed E-state index contributed by atoms with van der Waals surface area (Å²) in [6, 6.07) is 8.93. The van der Waals surface area contributed by atoms with Crippen LogP contribution < -0.4 is 5.32 Å². The Hall–Kier alpha value is -1.84. The quantitative estimate of drug-likeness (QED) is 0.875. The zero-order valence-electron chi connectivity index (χ0n) is 12.0. The van der Waals surface area contributed by atoms with Gasteiger partial charge in [0.05, 0.1) is 12.5 Å². The van der Waals surface area contributed by atoms with E-state index in [2.05, 4.69) is 5.32 Å². The molecule has 1 amide bonds. The molecule has 2 N–H and O–H groups in total. The lowest BCUT2D eigenvalue weighted by Crippen LogP contribution is -2.37. The van der Waals surface area contributed by atoms with Crippen LogP contribution in [0.3, 0.4) is 0 Å². The van der Waals surface area contributed by atoms with E-state index in [0.29, 0.717) is 11.8 Å². The van der Waals surface area contributed by atoms with Gasteiger partial charge in [-0.15, -0.1) is 0 Å². The maximum Gasteiger partial charge on any atom is 0.305 e. The van der Waals surface area contributed by atoms with Crippen LogP contribution in [0.1, 0.15) is 43.7 Å². The minimum absolute atomic E-state index is 0.0392. The molecular weight excluding hydrogens is 266 g/mol. The molecule has 0 spiro atoms. The molecule has 1 aromatic carbocycles. The van der Waals surface area contributed by atoms with Crippen molar-refractivity contribution in [1.29, 1.82) is 0 Å². The van der Waals surface area contributed by atoms with E-state index in [1.54, 1.807) is 0 Å². The average Bonchev–Trinajstić information content (AvgIpc) is 3.09. The number of carbonyl (C=O) groups excluding carboxylic acids is 1. The average molecular weight is 287 g/mol. The molecule has 0 radical (unpaired) electrons. The van der Waals surface area contributed by atoms with Crippen molar-refractivity contribution in [1.82, 2.24) is 5.32 Å². The topological polar surface area (TPSA) is 66.4 Å². The van der Waals surface area contributed by atoms with E-state index >= 15 is 0 Å². The zero-order valence-corrected chi connectivity index (χ0v) is 12.0. The zero-order chi connectivity index (χ0) is 14.8. The lowest BCUT2D eigenvalue weighted by atomic mass is 9.87. The molecule has 0 aromatic heterocycles. The Morgan fingerprint density at radius 2 is 1.95 bits per heavy atom. The summed E-state index contributed by atoms with van der Waals surface area (Å²) in [5.41, 5.74) is 0.858. The number of carbonyl (C=O) groups is 2. The third-order valence-electron chi connectivity index (χ3n) is 4.97. The van der Waals surface area contributed by atoms with Crippen molar-refractivity contribution in [3.05, 3.63) is 35.9 Å². The standard InChI is InChI=1S/C17H21NO3/c19-16(20)10-15(12-4-2-1-3-5-12)18-17(21)14-9-11-6-7-13(14)8-11/h1-5,11,13-15H,6-10H2,(H,18,21)(H,19,20). The SMILES string of the molecule is O=C(O)CC(NC(=O)C1CC2CCC1C2)c1ccccc1. The van der Waals surface area contributed by atoms with Crippen molar-refractivity contribution < 1.29 is 14.7 Å². The summed E-state index contributed by atoms with van der Waals surface area (Å²) in [5.74, 6) is 0.454. The van der Waals surface area contributed by atoms with Crippen LogP contribution >= 0.6 is 0 Å². The highest BCUT2D eigenvalue weighted by atomic mass is 16.4. The van der Waals surface area contributed by atoms with Crippen LogP contribution in [0.25, 0.3) is 0 Å². The molecule has 4 unspecified atom stereocenters. The summed E-state index contributed by atoms with van der Waals surface area (Å²) in [6.07, 6.45) is 4.48. The van der Waals surface area contributed by atoms with Gasteiger partial charge in [-0.25, -0.2) is 0 Å². The predicted molar refractivity (Wildman–Crippen MR) is 78.5 cm³/mol. The molecule has 0 saturated heterocycles. The third kappa shape index (κ3) is 3.09. The first kappa shape index (κ1) is 14.1. The number of amides is 1. The summed E-state index contributed by atoms with van der Waals surface area (Å²) in [4.78, 5) is 23.6. The first-order valence-electron chi connectivity index (χ1n) is 7.70. The molecule has 2 aliphatic carbocycles. The van der Waals surface area contributed by atoms with Crippen LogP contribution in [0.5, 0.6) is 0 Å². The smallest absolute Gasteiger partial charge is 0.305 e. The number of fused-ring (bicyclic) bond motifs is 2. The molecular formula is C17H21NO3. The van der Waals surface area contributed by atoms with Crippen LogP contribution in [0.15, 0.2) is 30.3 Å². The minimum Gasteiger partial charge on any atom is -0.481 e. The number of carboxylic acid groups (broad SMARTS) is 1. The van der Waals surface area contributed by atoms with Crippen molar-refractivity contribution in [3.8, 4) is 0 Å². The molecule has 1 aromatic rings. The molecule has 0 aliphatic heterocycles. The lowest BCUT2D eigenvalue weighted by molar-refractivity contribution is -0.138. The number of hydrogen-bond acceptors (Lipinski definition) is 2. The van der Waals surface area contributed by atoms with Crippen LogP contribution in [0.2, 0.25) is 0 Å². The van der Waals surface area contributed by atoms with Gasteiger partial charge in [-0.1, -0.05) is 36.8 Å². The maximum absolute atomic E-state index is 12.5. The van der Waals surface area contributed by atoms with Gasteiger partial charge in [-0.05, 0) is 36.7 Å². The second-order valence-electron chi connectivity index (χ2n) is 6.35. The molecule has 2 saturated carbocycles. The highest BCUT2D eigenvalue weighted by Gasteiger charge is 2.43. The molecule has 0 heterocycles. The van der Waals surface area contributed by atoms with E-state index in [-0.39, 0.29) is 18.2 Å². The first-order valence-corrected chi connectivity index (χ1v) is 7.70. The van der Waals surface area contributed by atoms with E-state index in [9.17, 15) is 9.59 Å². The molecule has 4 nitrogen and oxygen atoms in total. The Morgan fingerprint density at radius 1 is 1.19 bits per heavy atom. The van der Waals surface area contributed by atoms with Crippen molar-refractivity contribution >= 4 is 11.9 Å². The number of benzene rings is 1. The highest BCUT2D eigenvalue weighted by Crippen LogP contribution is 2.48. The summed E-state index contributed by atoms with van der Waals surface area (Å²) in [5, 5.41) is 12.0. The van der Waals surface area contributed by atoms with Gasteiger partial charge in [0.15, 0.2) is 0 Å². The Labute approximate surface area is 124 Å². The summed E-state index contributed by atoms with van der Waals surface area (Å²) in [6.45, 7) is 0. The van der Waals surface area contributed by atoms with Crippen molar-refractivity contribution in [3.63, 3.8) is 0 Å². The van der Waals surface area contributed by atoms with E-state index in [4.69, 9.17) is 5.11 Å². The van der Waals surface area contributed by atoms with Gasteiger partial charge < -0.3 is 10.4 Å². The van der Waals surface area contributed by atoms with Gasteiger partial charge in [0.25, 0.3) is 0 Å². The number of aliphatic carboxylic acids is 1. The number of carboxylic acids is 1. The lowest BCUT2D eigenvalue weighted by Gasteiger charge is -2.24. The Bertz CT molecular complexity index is 528. The van der Waals surface area contributed by atoms with E-state index in [1.807, 2.05) is 30.3 Å². The van der Waals surface area contributed by atoms with Gasteiger partial charge in [0.2, 0.25) is 5.91 Å². The van der Waals surface area contributed by atoms with Gasteiger partial charge >= 0.3 is 5.97 Å². The second kappa shape index (κ2) is 5.88. The van der Waals surface area contributed by atoms with Crippen molar-refractivity contribution in [2.24, 2.45) is 17.8 Å². The molecule has 3 rings (SSSR count). The molecule has 21 heavy (non-hydrogen) atoms. The second-order valence-corrected chi connectivity index (χ2v) is 6.35. The van der Waals surface area contributed by atoms with Gasteiger partial charge in [0, 0.05) is 5.92 Å². The van der Waals surface area contributed by atoms with Gasteiger partial charge in [-0.2, -0.15) is 0 Å². The molecule has 2 bridgehead atoms. The van der Waals surface area contributed by atoms with Crippen molar-refractivity contribution in [2.45, 2.75) is 38.1 Å². The fraction of sp³-hybridized carbons (Fsp3) is 0.529. The predicted octanol–water partition coefficient (Wildman–Crippen LogP) is 2.75.